The standard InChI is InChI=1S/C20H19ClN2O3/c1-11-15-10-14(8-12-4-3-7-23(18(12)15)20(11)25)22-19(24)16-9-13(21)5-6-17(16)26-2/h5-6,8-11H,3-4,7H2,1-2H3,(H,22,24)/t11-/m0/s1. The number of hydrogen-bond acceptors (Lipinski definition) is 3. The number of benzene rings is 2. The topological polar surface area (TPSA) is 58.6 Å². The molecule has 2 aliphatic heterocycles. The molecule has 0 saturated heterocycles. The molecule has 2 aliphatic rings. The van der Waals surface area contributed by atoms with E-state index >= 15 is 0 Å². The second kappa shape index (κ2) is 6.32. The van der Waals surface area contributed by atoms with Crippen LogP contribution in [-0.2, 0) is 11.2 Å². The van der Waals surface area contributed by atoms with E-state index in [1.165, 1.54) is 7.11 Å². The monoisotopic (exact) mass is 370 g/mol. The van der Waals surface area contributed by atoms with Crippen LogP contribution in [0.25, 0.3) is 0 Å². The molecule has 0 spiro atoms. The highest BCUT2D eigenvalue weighted by atomic mass is 35.5. The molecule has 0 aromatic heterocycles. The summed E-state index contributed by atoms with van der Waals surface area (Å²) in [6.45, 7) is 2.69. The predicted octanol–water partition coefficient (Wildman–Crippen LogP) is 4.00. The van der Waals surface area contributed by atoms with Gasteiger partial charge in [-0.05, 0) is 61.2 Å². The van der Waals surface area contributed by atoms with Crippen LogP contribution in [0.4, 0.5) is 11.4 Å². The van der Waals surface area contributed by atoms with Gasteiger partial charge in [0.15, 0.2) is 0 Å². The number of nitrogens with zero attached hydrogens (tertiary/aromatic N) is 1. The van der Waals surface area contributed by atoms with Crippen molar-refractivity contribution in [3.63, 3.8) is 0 Å². The van der Waals surface area contributed by atoms with Gasteiger partial charge >= 0.3 is 0 Å². The zero-order valence-corrected chi connectivity index (χ0v) is 15.4. The SMILES string of the molecule is COc1ccc(Cl)cc1C(=O)Nc1cc2c3c(c1)[C@H](C)C(=O)N3CCC2. The zero-order chi connectivity index (χ0) is 18.4. The summed E-state index contributed by atoms with van der Waals surface area (Å²) in [5.41, 5.74) is 4.20. The van der Waals surface area contributed by atoms with E-state index < -0.39 is 0 Å². The molecule has 26 heavy (non-hydrogen) atoms. The molecular formula is C20H19ClN2O3. The third-order valence-corrected chi connectivity index (χ3v) is 5.32. The average Bonchev–Trinajstić information content (AvgIpc) is 2.88. The summed E-state index contributed by atoms with van der Waals surface area (Å²) in [5, 5.41) is 3.40. The van der Waals surface area contributed by atoms with Gasteiger partial charge in [0.05, 0.1) is 24.3 Å². The molecule has 2 heterocycles. The molecule has 134 valence electrons. The molecule has 0 bridgehead atoms. The second-order valence-corrected chi connectivity index (χ2v) is 7.12. The lowest BCUT2D eigenvalue weighted by Crippen LogP contribution is -2.32. The van der Waals surface area contributed by atoms with Crippen LogP contribution in [0.1, 0.15) is 40.7 Å². The van der Waals surface area contributed by atoms with Crippen LogP contribution in [0.2, 0.25) is 5.02 Å². The molecule has 4 rings (SSSR count). The van der Waals surface area contributed by atoms with Crippen molar-refractivity contribution in [1.29, 1.82) is 0 Å². The highest BCUT2D eigenvalue weighted by molar-refractivity contribution is 6.31. The van der Waals surface area contributed by atoms with E-state index in [4.69, 9.17) is 16.3 Å². The summed E-state index contributed by atoms with van der Waals surface area (Å²) in [5.74, 6) is 0.130. The van der Waals surface area contributed by atoms with E-state index in [0.717, 1.165) is 36.2 Å². The van der Waals surface area contributed by atoms with Crippen molar-refractivity contribution in [2.24, 2.45) is 0 Å². The van der Waals surface area contributed by atoms with E-state index in [1.54, 1.807) is 18.2 Å². The Kier molecular flexibility index (Phi) is 4.11. The molecular weight excluding hydrogens is 352 g/mol. The normalized spacial score (nSPS) is 17.9. The highest BCUT2D eigenvalue weighted by Gasteiger charge is 2.38. The maximum Gasteiger partial charge on any atom is 0.259 e. The first-order valence-corrected chi connectivity index (χ1v) is 9.00. The van der Waals surface area contributed by atoms with E-state index in [9.17, 15) is 9.59 Å². The molecule has 0 saturated carbocycles. The Hall–Kier alpha value is -2.53. The van der Waals surface area contributed by atoms with Gasteiger partial charge in [-0.25, -0.2) is 0 Å². The van der Waals surface area contributed by atoms with Crippen LogP contribution in [0, 0.1) is 0 Å². The van der Waals surface area contributed by atoms with Crippen LogP contribution in [0.3, 0.4) is 0 Å². The summed E-state index contributed by atoms with van der Waals surface area (Å²) in [6.07, 6.45) is 1.84. The molecule has 1 N–H and O–H groups in total. The van der Waals surface area contributed by atoms with Crippen LogP contribution in [0.5, 0.6) is 5.75 Å². The second-order valence-electron chi connectivity index (χ2n) is 6.69. The summed E-state index contributed by atoms with van der Waals surface area (Å²) < 4.78 is 5.26. The minimum absolute atomic E-state index is 0.140. The number of nitrogens with one attached hydrogen (secondary N) is 1. The van der Waals surface area contributed by atoms with Gasteiger partial charge in [-0.1, -0.05) is 11.6 Å². The fourth-order valence-electron chi connectivity index (χ4n) is 3.82. The number of ether oxygens (including phenoxy) is 1. The highest BCUT2D eigenvalue weighted by Crippen LogP contribution is 2.44. The Labute approximate surface area is 156 Å². The van der Waals surface area contributed by atoms with Crippen molar-refractivity contribution < 1.29 is 14.3 Å². The largest absolute Gasteiger partial charge is 0.496 e. The van der Waals surface area contributed by atoms with Crippen LogP contribution < -0.4 is 15.0 Å². The fourth-order valence-corrected chi connectivity index (χ4v) is 4.00. The van der Waals surface area contributed by atoms with Gasteiger partial charge in [-0.3, -0.25) is 9.59 Å². The molecule has 2 amide bonds. The number of amides is 2. The quantitative estimate of drug-likeness (QED) is 0.888. The summed E-state index contributed by atoms with van der Waals surface area (Å²) in [7, 11) is 1.52. The van der Waals surface area contributed by atoms with Crippen LogP contribution in [0.15, 0.2) is 30.3 Å². The molecule has 1 atom stereocenters. The maximum absolute atomic E-state index is 12.7. The van der Waals surface area contributed by atoms with E-state index in [-0.39, 0.29) is 17.7 Å². The molecule has 0 unspecified atom stereocenters. The number of hydrogen-bond donors (Lipinski definition) is 1. The molecule has 0 aliphatic carbocycles. The Bertz CT molecular complexity index is 926. The molecule has 2 aromatic rings. The molecule has 5 nitrogen and oxygen atoms in total. The van der Waals surface area contributed by atoms with Crippen molar-refractivity contribution >= 4 is 34.8 Å². The van der Waals surface area contributed by atoms with Gasteiger partial charge in [-0.2, -0.15) is 0 Å². The smallest absolute Gasteiger partial charge is 0.259 e. The van der Waals surface area contributed by atoms with Gasteiger partial charge in [0.1, 0.15) is 5.75 Å². The van der Waals surface area contributed by atoms with E-state index in [0.29, 0.717) is 22.0 Å². The number of methoxy groups -OCH3 is 1. The number of aryl methyl sites for hydroxylation is 1. The predicted molar refractivity (Wildman–Crippen MR) is 101 cm³/mol. The number of rotatable bonds is 3. The molecule has 2 aromatic carbocycles. The van der Waals surface area contributed by atoms with Gasteiger partial charge < -0.3 is 15.0 Å². The average molecular weight is 371 g/mol. The number of halogens is 1. The van der Waals surface area contributed by atoms with Crippen molar-refractivity contribution in [3.05, 3.63) is 52.0 Å². The van der Waals surface area contributed by atoms with Crippen LogP contribution in [-0.4, -0.2) is 25.5 Å². The van der Waals surface area contributed by atoms with Gasteiger partial charge in [0.25, 0.3) is 5.91 Å². The lowest BCUT2D eigenvalue weighted by Gasteiger charge is -2.26. The minimum atomic E-state index is -0.291. The Morgan fingerprint density at radius 1 is 1.31 bits per heavy atom. The van der Waals surface area contributed by atoms with Gasteiger partial charge in [0, 0.05) is 17.3 Å². The summed E-state index contributed by atoms with van der Waals surface area (Å²) in [4.78, 5) is 27.1. The van der Waals surface area contributed by atoms with Gasteiger partial charge in [0.2, 0.25) is 5.91 Å². The lowest BCUT2D eigenvalue weighted by atomic mass is 9.96. The lowest BCUT2D eigenvalue weighted by molar-refractivity contribution is -0.119. The van der Waals surface area contributed by atoms with E-state index in [2.05, 4.69) is 5.32 Å². The summed E-state index contributed by atoms with van der Waals surface area (Å²) >= 11 is 6.03. The molecule has 0 radical (unpaired) electrons. The van der Waals surface area contributed by atoms with Crippen molar-refractivity contribution in [2.75, 3.05) is 23.9 Å². The van der Waals surface area contributed by atoms with Crippen molar-refractivity contribution in [1.82, 2.24) is 0 Å². The van der Waals surface area contributed by atoms with Crippen molar-refractivity contribution in [3.8, 4) is 5.75 Å². The summed E-state index contributed by atoms with van der Waals surface area (Å²) in [6, 6.07) is 8.80. The third kappa shape index (κ3) is 2.63. The fraction of sp³-hybridized carbons (Fsp3) is 0.300. The Morgan fingerprint density at radius 2 is 2.12 bits per heavy atom. The Morgan fingerprint density at radius 3 is 2.88 bits per heavy atom. The number of carbonyl (C=O) groups excluding carboxylic acids is 2. The third-order valence-electron chi connectivity index (χ3n) is 5.08. The molecule has 0 fully saturated rings. The first-order chi connectivity index (χ1) is 12.5. The number of anilines is 2. The van der Waals surface area contributed by atoms with Crippen molar-refractivity contribution in [2.45, 2.75) is 25.7 Å². The zero-order valence-electron chi connectivity index (χ0n) is 14.6. The Balaban J connectivity index is 1.70. The first kappa shape index (κ1) is 16.9. The maximum atomic E-state index is 12.7. The minimum Gasteiger partial charge on any atom is -0.496 e. The van der Waals surface area contributed by atoms with Crippen LogP contribution >= 0.6 is 11.6 Å². The number of carbonyl (C=O) groups is 2. The van der Waals surface area contributed by atoms with Gasteiger partial charge in [-0.15, -0.1) is 0 Å². The van der Waals surface area contributed by atoms with E-state index in [1.807, 2.05) is 24.0 Å². The first-order valence-electron chi connectivity index (χ1n) is 8.62. The molecule has 6 heteroatoms.